The molecule has 0 unspecified atom stereocenters. The number of aromatic nitrogens is 2. The van der Waals surface area contributed by atoms with E-state index in [-0.39, 0.29) is 5.69 Å². The molecule has 21 heavy (non-hydrogen) atoms. The first-order valence-electron chi connectivity index (χ1n) is 7.19. The maximum atomic E-state index is 10.6. The van der Waals surface area contributed by atoms with Crippen molar-refractivity contribution in [3.05, 3.63) is 46.4 Å². The Balaban J connectivity index is 1.91. The number of hydrogen-bond acceptors (Lipinski definition) is 4. The molecule has 6 nitrogen and oxygen atoms in total. The molecule has 112 valence electrons. The maximum absolute atomic E-state index is 10.6. The lowest BCUT2D eigenvalue weighted by molar-refractivity contribution is -0.384. The third kappa shape index (κ3) is 4.39. The predicted octanol–water partition coefficient (Wildman–Crippen LogP) is 3.05. The number of hydrogen-bond donors (Lipinski definition) is 2. The van der Waals surface area contributed by atoms with Crippen molar-refractivity contribution in [1.82, 2.24) is 9.97 Å². The normalized spacial score (nSPS) is 10.7. The second kappa shape index (κ2) is 7.54. The standard InChI is InChI=1S/C15H20N4O2/c16-10-4-2-1-3-5-15-17-11-14(18-15)12-6-8-13(9-7-12)19(20)21/h6-9,11H,1-5,10,16H2,(H,17,18). The second-order valence-corrected chi connectivity index (χ2v) is 5.00. The number of rotatable bonds is 8. The molecule has 0 aliphatic heterocycles. The summed E-state index contributed by atoms with van der Waals surface area (Å²) in [4.78, 5) is 17.8. The van der Waals surface area contributed by atoms with Crippen molar-refractivity contribution in [2.75, 3.05) is 6.54 Å². The molecule has 1 heterocycles. The summed E-state index contributed by atoms with van der Waals surface area (Å²) in [5.41, 5.74) is 7.35. The summed E-state index contributed by atoms with van der Waals surface area (Å²) in [6, 6.07) is 6.47. The highest BCUT2D eigenvalue weighted by Gasteiger charge is 2.07. The summed E-state index contributed by atoms with van der Waals surface area (Å²) in [5.74, 6) is 0.955. The summed E-state index contributed by atoms with van der Waals surface area (Å²) in [5, 5.41) is 10.6. The van der Waals surface area contributed by atoms with E-state index in [1.165, 1.54) is 12.1 Å². The van der Waals surface area contributed by atoms with Gasteiger partial charge in [-0.1, -0.05) is 12.8 Å². The maximum Gasteiger partial charge on any atom is 0.269 e. The number of nitro groups is 1. The molecule has 6 heteroatoms. The molecule has 2 aromatic rings. The topological polar surface area (TPSA) is 97.8 Å². The zero-order valence-corrected chi connectivity index (χ0v) is 11.9. The van der Waals surface area contributed by atoms with Crippen LogP contribution >= 0.6 is 0 Å². The van der Waals surface area contributed by atoms with Crippen LogP contribution in [0.2, 0.25) is 0 Å². The van der Waals surface area contributed by atoms with Crippen LogP contribution in [0.3, 0.4) is 0 Å². The van der Waals surface area contributed by atoms with E-state index in [1.807, 2.05) is 0 Å². The number of nitrogens with two attached hydrogens (primary N) is 1. The number of aromatic amines is 1. The molecule has 0 atom stereocenters. The quantitative estimate of drug-likeness (QED) is 0.443. The van der Waals surface area contributed by atoms with Gasteiger partial charge in [0.1, 0.15) is 5.82 Å². The minimum absolute atomic E-state index is 0.0957. The Morgan fingerprint density at radius 3 is 2.52 bits per heavy atom. The number of non-ortho nitro benzene ring substituents is 1. The molecule has 0 spiro atoms. The third-order valence-electron chi connectivity index (χ3n) is 3.39. The monoisotopic (exact) mass is 288 g/mol. The highest BCUT2D eigenvalue weighted by atomic mass is 16.6. The van der Waals surface area contributed by atoms with E-state index in [9.17, 15) is 10.1 Å². The lowest BCUT2D eigenvalue weighted by Gasteiger charge is -1.99. The molecule has 0 bridgehead atoms. The van der Waals surface area contributed by atoms with Crippen LogP contribution in [0.25, 0.3) is 11.3 Å². The van der Waals surface area contributed by atoms with Gasteiger partial charge in [-0.3, -0.25) is 10.1 Å². The lowest BCUT2D eigenvalue weighted by atomic mass is 10.1. The Bertz CT molecular complexity index is 578. The molecule has 1 aromatic carbocycles. The van der Waals surface area contributed by atoms with E-state index < -0.39 is 4.92 Å². The van der Waals surface area contributed by atoms with Gasteiger partial charge in [-0.2, -0.15) is 0 Å². The third-order valence-corrected chi connectivity index (χ3v) is 3.39. The number of nitrogens with one attached hydrogen (secondary N) is 1. The first-order chi connectivity index (χ1) is 10.2. The van der Waals surface area contributed by atoms with Crippen molar-refractivity contribution in [3.63, 3.8) is 0 Å². The molecule has 3 N–H and O–H groups in total. The number of benzene rings is 1. The molecule has 2 rings (SSSR count). The Labute approximate surface area is 123 Å². The Morgan fingerprint density at radius 1 is 1.14 bits per heavy atom. The van der Waals surface area contributed by atoms with Crippen molar-refractivity contribution in [1.29, 1.82) is 0 Å². The highest BCUT2D eigenvalue weighted by molar-refractivity contribution is 5.60. The van der Waals surface area contributed by atoms with E-state index in [2.05, 4.69) is 9.97 Å². The van der Waals surface area contributed by atoms with Crippen LogP contribution < -0.4 is 5.73 Å². The summed E-state index contributed by atoms with van der Waals surface area (Å²) in [7, 11) is 0. The first kappa shape index (κ1) is 15.2. The van der Waals surface area contributed by atoms with Crippen molar-refractivity contribution >= 4 is 5.69 Å². The van der Waals surface area contributed by atoms with Crippen molar-refractivity contribution in [2.45, 2.75) is 32.1 Å². The van der Waals surface area contributed by atoms with Crippen molar-refractivity contribution in [3.8, 4) is 11.3 Å². The second-order valence-electron chi connectivity index (χ2n) is 5.00. The molecule has 0 aliphatic carbocycles. The number of unbranched alkanes of at least 4 members (excludes halogenated alkanes) is 3. The van der Waals surface area contributed by atoms with Crippen LogP contribution in [-0.2, 0) is 6.42 Å². The van der Waals surface area contributed by atoms with Crippen LogP contribution in [0.15, 0.2) is 30.5 Å². The zero-order valence-electron chi connectivity index (χ0n) is 11.9. The van der Waals surface area contributed by atoms with E-state index in [1.54, 1.807) is 18.3 Å². The highest BCUT2D eigenvalue weighted by Crippen LogP contribution is 2.21. The lowest BCUT2D eigenvalue weighted by Crippen LogP contribution is -1.98. The van der Waals surface area contributed by atoms with Gasteiger partial charge in [-0.15, -0.1) is 0 Å². The fourth-order valence-electron chi connectivity index (χ4n) is 2.19. The van der Waals surface area contributed by atoms with Crippen molar-refractivity contribution in [2.24, 2.45) is 5.73 Å². The largest absolute Gasteiger partial charge is 0.342 e. The van der Waals surface area contributed by atoms with Gasteiger partial charge in [-0.25, -0.2) is 4.98 Å². The summed E-state index contributed by atoms with van der Waals surface area (Å²) < 4.78 is 0. The average Bonchev–Trinajstić information content (AvgIpc) is 2.96. The molecule has 0 saturated heterocycles. The molecular formula is C15H20N4O2. The molecular weight excluding hydrogens is 268 g/mol. The van der Waals surface area contributed by atoms with Gasteiger partial charge in [0, 0.05) is 24.1 Å². The SMILES string of the molecule is NCCCCCCc1ncc(-c2ccc([N+](=O)[O-])cc2)[nH]1. The van der Waals surface area contributed by atoms with Gasteiger partial charge in [-0.05, 0) is 31.5 Å². The van der Waals surface area contributed by atoms with E-state index >= 15 is 0 Å². The van der Waals surface area contributed by atoms with E-state index in [0.29, 0.717) is 0 Å². The zero-order chi connectivity index (χ0) is 15.1. The van der Waals surface area contributed by atoms with Gasteiger partial charge in [0.05, 0.1) is 16.8 Å². The van der Waals surface area contributed by atoms with Crippen LogP contribution in [-0.4, -0.2) is 21.4 Å². The fourth-order valence-corrected chi connectivity index (χ4v) is 2.19. The fraction of sp³-hybridized carbons (Fsp3) is 0.400. The van der Waals surface area contributed by atoms with Crippen LogP contribution in [0.5, 0.6) is 0 Å². The van der Waals surface area contributed by atoms with Gasteiger partial charge >= 0.3 is 0 Å². The van der Waals surface area contributed by atoms with Gasteiger partial charge in [0.2, 0.25) is 0 Å². The minimum Gasteiger partial charge on any atom is -0.342 e. The number of nitro benzene ring substituents is 1. The number of nitrogens with zero attached hydrogens (tertiary/aromatic N) is 2. The molecule has 0 fully saturated rings. The van der Waals surface area contributed by atoms with Crippen LogP contribution in [0.1, 0.15) is 31.5 Å². The summed E-state index contributed by atoms with van der Waals surface area (Å²) in [6.07, 6.45) is 7.17. The minimum atomic E-state index is -0.399. The molecule has 0 saturated carbocycles. The van der Waals surface area contributed by atoms with Gasteiger partial charge < -0.3 is 10.7 Å². The molecule has 0 radical (unpaired) electrons. The predicted molar refractivity (Wildman–Crippen MR) is 81.9 cm³/mol. The van der Waals surface area contributed by atoms with Gasteiger partial charge in [0.15, 0.2) is 0 Å². The van der Waals surface area contributed by atoms with Crippen molar-refractivity contribution < 1.29 is 4.92 Å². The first-order valence-corrected chi connectivity index (χ1v) is 7.19. The smallest absolute Gasteiger partial charge is 0.269 e. The number of imidazole rings is 1. The molecule has 0 amide bonds. The van der Waals surface area contributed by atoms with Gasteiger partial charge in [0.25, 0.3) is 5.69 Å². The number of H-pyrrole nitrogens is 1. The Morgan fingerprint density at radius 2 is 1.86 bits per heavy atom. The van der Waals surface area contributed by atoms with Crippen LogP contribution in [0.4, 0.5) is 5.69 Å². The van der Waals surface area contributed by atoms with E-state index in [0.717, 1.165) is 55.7 Å². The summed E-state index contributed by atoms with van der Waals surface area (Å²) in [6.45, 7) is 0.755. The molecule has 0 aliphatic rings. The molecule has 1 aromatic heterocycles. The number of aryl methyl sites for hydroxylation is 1. The Hall–Kier alpha value is -2.21. The Kier molecular flexibility index (Phi) is 5.45. The van der Waals surface area contributed by atoms with E-state index in [4.69, 9.17) is 5.73 Å². The average molecular weight is 288 g/mol. The van der Waals surface area contributed by atoms with Crippen LogP contribution in [0, 0.1) is 10.1 Å². The summed E-state index contributed by atoms with van der Waals surface area (Å²) >= 11 is 0.